The summed E-state index contributed by atoms with van der Waals surface area (Å²) in [6.45, 7) is 0. The molecule has 1 aliphatic rings. The maximum absolute atomic E-state index is 13.9. The summed E-state index contributed by atoms with van der Waals surface area (Å²) in [7, 11) is 5.07. The summed E-state index contributed by atoms with van der Waals surface area (Å²) < 4.78 is 24.1. The van der Waals surface area contributed by atoms with Crippen molar-refractivity contribution in [3.8, 4) is 11.5 Å². The standard InChI is InChI=1S/C13H12FN5OS.C8H11NO.C4H6O/c1-20-9-6-15-13(21-2)17-11(9)16-12-10-7(14)4-3-5-8(10)18-19-12;1-9-7-3-5-8(10-2)6-4-7;5-3-4-1-2-4/h3-6H,1-2H3,(H2,15,16,17,18,19);3-6,9H,1-2H3;3-4H,1-2H2. The number of aromatic amines is 1. The second kappa shape index (κ2) is 13.3. The normalized spacial score (nSPS) is 11.9. The Balaban J connectivity index is 0.000000198. The second-order valence-corrected chi connectivity index (χ2v) is 8.36. The first-order valence-corrected chi connectivity index (χ1v) is 12.4. The molecule has 5 rings (SSSR count). The molecule has 2 heterocycles. The molecule has 190 valence electrons. The number of nitrogens with one attached hydrogen (secondary N) is 3. The molecule has 0 saturated heterocycles. The van der Waals surface area contributed by atoms with Crippen LogP contribution in [0.4, 0.5) is 21.7 Å². The number of aldehydes is 1. The number of hydrogen-bond donors (Lipinski definition) is 3. The summed E-state index contributed by atoms with van der Waals surface area (Å²) in [6, 6.07) is 12.5. The molecular weight excluding hydrogens is 483 g/mol. The molecule has 36 heavy (non-hydrogen) atoms. The Hall–Kier alpha value is -3.86. The zero-order valence-corrected chi connectivity index (χ0v) is 21.4. The lowest BCUT2D eigenvalue weighted by Crippen LogP contribution is -2.01. The minimum Gasteiger partial charge on any atom is -0.497 e. The van der Waals surface area contributed by atoms with Crippen molar-refractivity contribution in [3.63, 3.8) is 0 Å². The SMILES string of the molecule is CNc1ccc(OC)cc1.COc1cnc(SC)nc1Nc1n[nH]c2cccc(F)c12.O=CC1CC1. The van der Waals surface area contributed by atoms with Crippen LogP contribution in [0.15, 0.2) is 53.8 Å². The number of carbonyl (C=O) groups excluding carboxylic acids is 1. The molecular formula is C25H29FN6O3S. The molecule has 3 N–H and O–H groups in total. The van der Waals surface area contributed by atoms with E-state index in [-0.39, 0.29) is 5.82 Å². The molecule has 0 bridgehead atoms. The van der Waals surface area contributed by atoms with Gasteiger partial charge in [0.25, 0.3) is 0 Å². The smallest absolute Gasteiger partial charge is 0.189 e. The average molecular weight is 513 g/mol. The highest BCUT2D eigenvalue weighted by atomic mass is 32.2. The van der Waals surface area contributed by atoms with Crippen molar-refractivity contribution in [1.82, 2.24) is 20.2 Å². The lowest BCUT2D eigenvalue weighted by molar-refractivity contribution is -0.108. The monoisotopic (exact) mass is 512 g/mol. The fourth-order valence-electron chi connectivity index (χ4n) is 2.91. The van der Waals surface area contributed by atoms with Gasteiger partial charge in [-0.1, -0.05) is 17.8 Å². The number of rotatable bonds is 7. The lowest BCUT2D eigenvalue weighted by Gasteiger charge is -2.09. The molecule has 2 aromatic heterocycles. The van der Waals surface area contributed by atoms with Crippen LogP contribution < -0.4 is 20.1 Å². The van der Waals surface area contributed by atoms with Gasteiger partial charge in [0.15, 0.2) is 22.5 Å². The van der Waals surface area contributed by atoms with Crippen LogP contribution in [0.1, 0.15) is 12.8 Å². The molecule has 0 amide bonds. The summed E-state index contributed by atoms with van der Waals surface area (Å²) in [5.41, 5.74) is 1.71. The number of thioether (sulfide) groups is 1. The van der Waals surface area contributed by atoms with Crippen LogP contribution in [-0.2, 0) is 4.79 Å². The van der Waals surface area contributed by atoms with Gasteiger partial charge in [-0.05, 0) is 55.5 Å². The molecule has 4 aromatic rings. The Kier molecular flexibility index (Phi) is 9.87. The van der Waals surface area contributed by atoms with Crippen molar-refractivity contribution in [2.45, 2.75) is 18.0 Å². The van der Waals surface area contributed by atoms with E-state index in [0.717, 1.165) is 30.6 Å². The first-order chi connectivity index (χ1) is 17.5. The molecule has 9 nitrogen and oxygen atoms in total. The Morgan fingerprint density at radius 1 is 1.11 bits per heavy atom. The van der Waals surface area contributed by atoms with E-state index < -0.39 is 0 Å². The number of ether oxygens (including phenoxy) is 2. The molecule has 0 aliphatic heterocycles. The molecule has 2 aromatic carbocycles. The van der Waals surface area contributed by atoms with E-state index in [0.29, 0.717) is 39.4 Å². The van der Waals surface area contributed by atoms with E-state index in [1.54, 1.807) is 25.4 Å². The third-order valence-corrected chi connectivity index (χ3v) is 5.67. The van der Waals surface area contributed by atoms with Gasteiger partial charge in [-0.3, -0.25) is 5.10 Å². The molecule has 0 atom stereocenters. The number of hydrogen-bond acceptors (Lipinski definition) is 9. The minimum atomic E-state index is -0.359. The summed E-state index contributed by atoms with van der Waals surface area (Å²) in [5.74, 6) is 2.23. The molecule has 1 aliphatic carbocycles. The number of methoxy groups -OCH3 is 2. The molecule has 0 radical (unpaired) electrons. The Bertz CT molecular complexity index is 1240. The van der Waals surface area contributed by atoms with Crippen LogP contribution in [0, 0.1) is 11.7 Å². The van der Waals surface area contributed by atoms with Crippen LogP contribution in [0.3, 0.4) is 0 Å². The summed E-state index contributed by atoms with van der Waals surface area (Å²) in [5, 5.41) is 13.8. The van der Waals surface area contributed by atoms with Crippen LogP contribution in [0.2, 0.25) is 0 Å². The highest BCUT2D eigenvalue weighted by Gasteiger charge is 2.19. The van der Waals surface area contributed by atoms with Gasteiger partial charge in [0, 0.05) is 18.7 Å². The molecule has 11 heteroatoms. The Morgan fingerprint density at radius 3 is 2.42 bits per heavy atom. The predicted molar refractivity (Wildman–Crippen MR) is 141 cm³/mol. The quantitative estimate of drug-likeness (QED) is 0.172. The fraction of sp³-hybridized carbons (Fsp3) is 0.280. The van der Waals surface area contributed by atoms with Crippen LogP contribution in [-0.4, -0.2) is 54.0 Å². The molecule has 1 fully saturated rings. The molecule has 0 spiro atoms. The van der Waals surface area contributed by atoms with Crippen molar-refractivity contribution in [1.29, 1.82) is 0 Å². The number of H-pyrrole nitrogens is 1. The number of benzene rings is 2. The highest BCUT2D eigenvalue weighted by Crippen LogP contribution is 2.30. The number of fused-ring (bicyclic) bond motifs is 1. The zero-order valence-electron chi connectivity index (χ0n) is 20.5. The maximum atomic E-state index is 13.9. The average Bonchev–Trinajstić information content (AvgIpc) is 3.69. The van der Waals surface area contributed by atoms with Gasteiger partial charge in [-0.15, -0.1) is 0 Å². The third-order valence-electron chi connectivity index (χ3n) is 5.10. The first-order valence-electron chi connectivity index (χ1n) is 11.1. The number of halogens is 1. The van der Waals surface area contributed by atoms with E-state index >= 15 is 0 Å². The van der Waals surface area contributed by atoms with E-state index in [9.17, 15) is 9.18 Å². The van der Waals surface area contributed by atoms with Crippen molar-refractivity contribution in [3.05, 3.63) is 54.5 Å². The van der Waals surface area contributed by atoms with Crippen molar-refractivity contribution >= 4 is 46.3 Å². The van der Waals surface area contributed by atoms with Crippen molar-refractivity contribution in [2.24, 2.45) is 5.92 Å². The summed E-state index contributed by atoms with van der Waals surface area (Å²) in [6.07, 6.45) is 6.74. The van der Waals surface area contributed by atoms with Crippen LogP contribution in [0.25, 0.3) is 10.9 Å². The largest absolute Gasteiger partial charge is 0.497 e. The van der Waals surface area contributed by atoms with Gasteiger partial charge in [0.2, 0.25) is 0 Å². The lowest BCUT2D eigenvalue weighted by atomic mass is 10.2. The van der Waals surface area contributed by atoms with Gasteiger partial charge in [0.05, 0.1) is 31.3 Å². The second-order valence-electron chi connectivity index (χ2n) is 7.59. The zero-order chi connectivity index (χ0) is 25.9. The predicted octanol–water partition coefficient (Wildman–Crippen LogP) is 5.30. The topological polar surface area (TPSA) is 114 Å². The van der Waals surface area contributed by atoms with Gasteiger partial charge in [-0.25, -0.2) is 14.4 Å². The molecule has 0 unspecified atom stereocenters. The van der Waals surface area contributed by atoms with E-state index in [1.807, 2.05) is 37.6 Å². The van der Waals surface area contributed by atoms with Crippen molar-refractivity contribution < 1.29 is 18.7 Å². The van der Waals surface area contributed by atoms with Crippen LogP contribution >= 0.6 is 11.8 Å². The summed E-state index contributed by atoms with van der Waals surface area (Å²) >= 11 is 1.40. The van der Waals surface area contributed by atoms with Gasteiger partial charge >= 0.3 is 0 Å². The Morgan fingerprint density at radius 2 is 1.86 bits per heavy atom. The molecule has 1 saturated carbocycles. The first kappa shape index (κ1) is 26.7. The van der Waals surface area contributed by atoms with Gasteiger partial charge in [0.1, 0.15) is 17.9 Å². The highest BCUT2D eigenvalue weighted by molar-refractivity contribution is 7.98. The number of nitrogens with zero attached hydrogens (tertiary/aromatic N) is 3. The number of carbonyl (C=O) groups is 1. The van der Waals surface area contributed by atoms with Crippen molar-refractivity contribution in [2.75, 3.05) is 38.2 Å². The van der Waals surface area contributed by atoms with Crippen LogP contribution in [0.5, 0.6) is 11.5 Å². The summed E-state index contributed by atoms with van der Waals surface area (Å²) in [4.78, 5) is 18.0. The number of anilines is 3. The maximum Gasteiger partial charge on any atom is 0.189 e. The number of aromatic nitrogens is 4. The minimum absolute atomic E-state index is 0.354. The third kappa shape index (κ3) is 7.32. The van der Waals surface area contributed by atoms with E-state index in [4.69, 9.17) is 9.47 Å². The van der Waals surface area contributed by atoms with Gasteiger partial charge in [-0.2, -0.15) is 5.10 Å². The fourth-order valence-corrected chi connectivity index (χ4v) is 3.26. The Labute approximate surface area is 213 Å². The van der Waals surface area contributed by atoms with Gasteiger partial charge < -0.3 is 24.9 Å². The van der Waals surface area contributed by atoms with E-state index in [2.05, 4.69) is 30.8 Å². The van der Waals surface area contributed by atoms with E-state index in [1.165, 1.54) is 24.9 Å².